The topological polar surface area (TPSA) is 76.7 Å². The average Bonchev–Trinajstić information content (AvgIpc) is 3.54. The van der Waals surface area contributed by atoms with Crippen molar-refractivity contribution >= 4 is 11.5 Å². The molecule has 0 radical (unpaired) electrons. The van der Waals surface area contributed by atoms with E-state index < -0.39 is 6.61 Å². The minimum atomic E-state index is -2.95. The van der Waals surface area contributed by atoms with E-state index in [2.05, 4.69) is 25.6 Å². The largest absolute Gasteiger partial charge is 0.431 e. The SMILES string of the molecule is Nc1ncc(-c2cc(N3CC(N4CCOCC4)C3)cc(C3CC3)n2)cc1OC(F)F. The number of nitrogen functional groups attached to an aromatic ring is 1. The van der Waals surface area contributed by atoms with Crippen LogP contribution < -0.4 is 15.4 Å². The van der Waals surface area contributed by atoms with E-state index in [1.54, 1.807) is 6.20 Å². The summed E-state index contributed by atoms with van der Waals surface area (Å²) in [6, 6.07) is 6.20. The van der Waals surface area contributed by atoms with Crippen LogP contribution in [0.1, 0.15) is 24.5 Å². The summed E-state index contributed by atoms with van der Waals surface area (Å²) >= 11 is 0. The molecule has 1 aliphatic carbocycles. The predicted molar refractivity (Wildman–Crippen MR) is 109 cm³/mol. The molecule has 3 fully saturated rings. The zero-order chi connectivity index (χ0) is 20.7. The average molecular weight is 417 g/mol. The van der Waals surface area contributed by atoms with Gasteiger partial charge in [0, 0.05) is 61.3 Å². The zero-order valence-electron chi connectivity index (χ0n) is 16.6. The summed E-state index contributed by atoms with van der Waals surface area (Å²) in [6.07, 6.45) is 3.82. The maximum atomic E-state index is 12.7. The molecule has 9 heteroatoms. The van der Waals surface area contributed by atoms with Crippen LogP contribution in [0.15, 0.2) is 24.4 Å². The highest BCUT2D eigenvalue weighted by molar-refractivity contribution is 5.69. The molecule has 3 aliphatic rings. The second kappa shape index (κ2) is 7.96. The van der Waals surface area contributed by atoms with E-state index in [1.807, 2.05) is 6.07 Å². The molecule has 160 valence electrons. The first-order valence-electron chi connectivity index (χ1n) is 10.4. The summed E-state index contributed by atoms with van der Waals surface area (Å²) in [5, 5.41) is 0. The van der Waals surface area contributed by atoms with Crippen LogP contribution in [0.5, 0.6) is 5.75 Å². The van der Waals surface area contributed by atoms with Gasteiger partial charge in [-0.05, 0) is 31.0 Å². The van der Waals surface area contributed by atoms with Crippen LogP contribution >= 0.6 is 0 Å². The predicted octanol–water partition coefficient (Wildman–Crippen LogP) is 2.73. The van der Waals surface area contributed by atoms with Gasteiger partial charge in [0.1, 0.15) is 0 Å². The molecule has 0 aromatic carbocycles. The Morgan fingerprint density at radius 1 is 1.13 bits per heavy atom. The molecule has 0 atom stereocenters. The third kappa shape index (κ3) is 4.04. The second-order valence-electron chi connectivity index (χ2n) is 8.10. The van der Waals surface area contributed by atoms with E-state index in [0.29, 0.717) is 23.2 Å². The molecule has 2 aromatic rings. The number of anilines is 2. The lowest BCUT2D eigenvalue weighted by Crippen LogP contribution is -2.61. The Kier molecular flexibility index (Phi) is 5.16. The van der Waals surface area contributed by atoms with Crippen LogP contribution in [0.25, 0.3) is 11.3 Å². The Morgan fingerprint density at radius 2 is 1.90 bits per heavy atom. The molecular formula is C21H25F2N5O2. The van der Waals surface area contributed by atoms with Gasteiger partial charge in [-0.15, -0.1) is 0 Å². The van der Waals surface area contributed by atoms with E-state index in [0.717, 1.165) is 63.6 Å². The van der Waals surface area contributed by atoms with Gasteiger partial charge in [-0.3, -0.25) is 9.88 Å². The zero-order valence-corrected chi connectivity index (χ0v) is 16.6. The highest BCUT2D eigenvalue weighted by Crippen LogP contribution is 2.42. The third-order valence-corrected chi connectivity index (χ3v) is 6.01. The second-order valence-corrected chi connectivity index (χ2v) is 8.10. The number of pyridine rings is 2. The normalized spacial score (nSPS) is 20.4. The fourth-order valence-electron chi connectivity index (χ4n) is 4.08. The number of hydrogen-bond acceptors (Lipinski definition) is 7. The quantitative estimate of drug-likeness (QED) is 0.774. The van der Waals surface area contributed by atoms with Crippen molar-refractivity contribution in [2.75, 3.05) is 50.0 Å². The number of alkyl halides is 2. The first-order valence-corrected chi connectivity index (χ1v) is 10.4. The summed E-state index contributed by atoms with van der Waals surface area (Å²) in [5.74, 6) is 0.284. The smallest absolute Gasteiger partial charge is 0.387 e. The highest BCUT2D eigenvalue weighted by Gasteiger charge is 2.34. The third-order valence-electron chi connectivity index (χ3n) is 6.01. The van der Waals surface area contributed by atoms with Crippen LogP contribution in [0.4, 0.5) is 20.3 Å². The van der Waals surface area contributed by atoms with Gasteiger partial charge in [0.05, 0.1) is 18.9 Å². The van der Waals surface area contributed by atoms with Crippen molar-refractivity contribution in [3.63, 3.8) is 0 Å². The van der Waals surface area contributed by atoms with E-state index in [9.17, 15) is 8.78 Å². The van der Waals surface area contributed by atoms with E-state index in [1.165, 1.54) is 6.07 Å². The van der Waals surface area contributed by atoms with Gasteiger partial charge in [0.2, 0.25) is 0 Å². The summed E-state index contributed by atoms with van der Waals surface area (Å²) < 4.78 is 35.3. The maximum Gasteiger partial charge on any atom is 0.387 e. The Hall–Kier alpha value is -2.52. The van der Waals surface area contributed by atoms with Crippen molar-refractivity contribution in [1.29, 1.82) is 0 Å². The standard InChI is InChI=1S/C21H25F2N5O2/c22-21(23)30-19-7-14(10-25-20(19)24)18-9-15(8-17(26-18)13-1-2-13)28-11-16(12-28)27-3-5-29-6-4-27/h7-10,13,16,21H,1-6,11-12H2,(H2,24,25). The first kappa shape index (κ1) is 19.4. The van der Waals surface area contributed by atoms with Crippen LogP contribution in [0, 0.1) is 0 Å². The van der Waals surface area contributed by atoms with Crippen molar-refractivity contribution < 1.29 is 18.3 Å². The Morgan fingerprint density at radius 3 is 2.60 bits per heavy atom. The molecule has 1 saturated carbocycles. The Labute approximate surface area is 173 Å². The molecule has 7 nitrogen and oxygen atoms in total. The van der Waals surface area contributed by atoms with Gasteiger partial charge in [-0.1, -0.05) is 0 Å². The van der Waals surface area contributed by atoms with Crippen LogP contribution in [0.3, 0.4) is 0 Å². The number of rotatable bonds is 6. The number of halogens is 2. The van der Waals surface area contributed by atoms with Crippen LogP contribution in [0.2, 0.25) is 0 Å². The molecule has 30 heavy (non-hydrogen) atoms. The molecule has 2 saturated heterocycles. The maximum absolute atomic E-state index is 12.7. The van der Waals surface area contributed by atoms with Crippen molar-refractivity contribution in [1.82, 2.24) is 14.9 Å². The lowest BCUT2D eigenvalue weighted by molar-refractivity contribution is -0.0494. The number of aromatic nitrogens is 2. The molecule has 2 aromatic heterocycles. The highest BCUT2D eigenvalue weighted by atomic mass is 19.3. The monoisotopic (exact) mass is 417 g/mol. The molecule has 0 amide bonds. The van der Waals surface area contributed by atoms with Crippen molar-refractivity contribution in [2.24, 2.45) is 0 Å². The van der Waals surface area contributed by atoms with Gasteiger partial charge in [-0.25, -0.2) is 4.98 Å². The number of ether oxygens (including phenoxy) is 2. The molecule has 4 heterocycles. The molecule has 0 spiro atoms. The van der Waals surface area contributed by atoms with Gasteiger partial charge < -0.3 is 20.1 Å². The van der Waals surface area contributed by atoms with Crippen molar-refractivity contribution in [2.45, 2.75) is 31.4 Å². The number of morpholine rings is 1. The fraction of sp³-hybridized carbons (Fsp3) is 0.524. The summed E-state index contributed by atoms with van der Waals surface area (Å²) in [5.41, 5.74) is 9.17. The van der Waals surface area contributed by atoms with Crippen LogP contribution in [-0.4, -0.2) is 66.9 Å². The molecule has 2 aliphatic heterocycles. The van der Waals surface area contributed by atoms with Gasteiger partial charge in [-0.2, -0.15) is 8.78 Å². The fourth-order valence-corrected chi connectivity index (χ4v) is 4.08. The van der Waals surface area contributed by atoms with Crippen molar-refractivity contribution in [3.8, 4) is 17.0 Å². The Bertz CT molecular complexity index is 912. The minimum Gasteiger partial charge on any atom is -0.431 e. The van der Waals surface area contributed by atoms with Crippen molar-refractivity contribution in [3.05, 3.63) is 30.1 Å². The lowest BCUT2D eigenvalue weighted by Gasteiger charge is -2.47. The minimum absolute atomic E-state index is 0.0614. The van der Waals surface area contributed by atoms with Gasteiger partial charge in [0.15, 0.2) is 11.6 Å². The first-order chi connectivity index (χ1) is 14.6. The van der Waals surface area contributed by atoms with Gasteiger partial charge in [0.25, 0.3) is 0 Å². The van der Waals surface area contributed by atoms with E-state index in [4.69, 9.17) is 15.5 Å². The number of hydrogen-bond donors (Lipinski definition) is 1. The number of nitrogens with two attached hydrogens (primary N) is 1. The summed E-state index contributed by atoms with van der Waals surface area (Å²) in [7, 11) is 0. The molecule has 5 rings (SSSR count). The van der Waals surface area contributed by atoms with Crippen LogP contribution in [-0.2, 0) is 4.74 Å². The summed E-state index contributed by atoms with van der Waals surface area (Å²) in [6.45, 7) is 2.54. The lowest BCUT2D eigenvalue weighted by atomic mass is 10.0. The molecule has 0 unspecified atom stereocenters. The van der Waals surface area contributed by atoms with E-state index in [-0.39, 0.29) is 11.6 Å². The number of nitrogens with zero attached hydrogens (tertiary/aromatic N) is 4. The molecule has 2 N–H and O–H groups in total. The molecule has 0 bridgehead atoms. The molecular weight excluding hydrogens is 392 g/mol. The summed E-state index contributed by atoms with van der Waals surface area (Å²) in [4.78, 5) is 13.6. The van der Waals surface area contributed by atoms with E-state index >= 15 is 0 Å². The Balaban J connectivity index is 1.39. The van der Waals surface area contributed by atoms with Gasteiger partial charge >= 0.3 is 6.61 Å².